The summed E-state index contributed by atoms with van der Waals surface area (Å²) in [4.78, 5) is 13.8. The van der Waals surface area contributed by atoms with E-state index in [1.54, 1.807) is 0 Å². The van der Waals surface area contributed by atoms with Gasteiger partial charge in [-0.2, -0.15) is 4.98 Å². The zero-order valence-corrected chi connectivity index (χ0v) is 16.1. The first-order valence-electron chi connectivity index (χ1n) is 9.75. The Labute approximate surface area is 159 Å². The second kappa shape index (κ2) is 8.22. The summed E-state index contributed by atoms with van der Waals surface area (Å²) in [5.41, 5.74) is 2.23. The van der Waals surface area contributed by atoms with Crippen molar-refractivity contribution in [1.82, 2.24) is 20.0 Å². The van der Waals surface area contributed by atoms with Gasteiger partial charge in [-0.05, 0) is 32.8 Å². The van der Waals surface area contributed by atoms with E-state index in [1.165, 1.54) is 5.56 Å². The zero-order valence-electron chi connectivity index (χ0n) is 16.1. The molecule has 2 fully saturated rings. The molecule has 0 bridgehead atoms. The largest absolute Gasteiger partial charge is 0.378 e. The minimum absolute atomic E-state index is 0.443. The summed E-state index contributed by atoms with van der Waals surface area (Å²) >= 11 is 0. The van der Waals surface area contributed by atoms with E-state index in [0.717, 1.165) is 82.0 Å². The summed E-state index contributed by atoms with van der Waals surface area (Å²) in [5, 5.41) is 7.66. The molecule has 0 atom stereocenters. The van der Waals surface area contributed by atoms with Crippen LogP contribution in [0.5, 0.6) is 0 Å². The van der Waals surface area contributed by atoms with Gasteiger partial charge < -0.3 is 19.5 Å². The highest BCUT2D eigenvalue weighted by molar-refractivity contribution is 5.42. The predicted molar refractivity (Wildman–Crippen MR) is 103 cm³/mol. The van der Waals surface area contributed by atoms with Crippen LogP contribution in [-0.4, -0.2) is 65.5 Å². The summed E-state index contributed by atoms with van der Waals surface area (Å²) in [6.07, 6.45) is 4.03. The van der Waals surface area contributed by atoms with Crippen LogP contribution in [0.15, 0.2) is 16.8 Å². The number of aromatic nitrogens is 3. The Kier molecular flexibility index (Phi) is 5.54. The van der Waals surface area contributed by atoms with Gasteiger partial charge in [-0.3, -0.25) is 4.90 Å². The van der Waals surface area contributed by atoms with E-state index in [0.29, 0.717) is 6.04 Å². The lowest BCUT2D eigenvalue weighted by molar-refractivity contribution is 0.122. The molecule has 146 valence electrons. The Morgan fingerprint density at radius 3 is 2.63 bits per heavy atom. The third kappa shape index (κ3) is 4.39. The van der Waals surface area contributed by atoms with E-state index >= 15 is 0 Å². The van der Waals surface area contributed by atoms with Crippen molar-refractivity contribution in [3.63, 3.8) is 0 Å². The van der Waals surface area contributed by atoms with Crippen molar-refractivity contribution in [2.24, 2.45) is 0 Å². The third-order valence-electron chi connectivity index (χ3n) is 5.44. The number of hydrogen-bond acceptors (Lipinski definition) is 8. The summed E-state index contributed by atoms with van der Waals surface area (Å²) in [5.74, 6) is 2.64. The van der Waals surface area contributed by atoms with Crippen LogP contribution >= 0.6 is 0 Å². The van der Waals surface area contributed by atoms with Gasteiger partial charge in [0.15, 0.2) is 0 Å². The molecule has 0 radical (unpaired) electrons. The van der Waals surface area contributed by atoms with E-state index in [4.69, 9.17) is 14.2 Å². The Balaban J connectivity index is 1.30. The molecule has 8 nitrogen and oxygen atoms in total. The van der Waals surface area contributed by atoms with E-state index < -0.39 is 0 Å². The van der Waals surface area contributed by atoms with Crippen molar-refractivity contribution in [1.29, 1.82) is 0 Å². The van der Waals surface area contributed by atoms with Gasteiger partial charge in [-0.25, -0.2) is 4.98 Å². The van der Waals surface area contributed by atoms with Gasteiger partial charge in [-0.15, -0.1) is 0 Å². The monoisotopic (exact) mass is 372 g/mol. The van der Waals surface area contributed by atoms with E-state index in [2.05, 4.69) is 25.3 Å². The molecule has 27 heavy (non-hydrogen) atoms. The second-order valence-electron chi connectivity index (χ2n) is 7.34. The maximum absolute atomic E-state index is 5.41. The van der Waals surface area contributed by atoms with Gasteiger partial charge in [0.2, 0.25) is 5.95 Å². The average Bonchev–Trinajstić information content (AvgIpc) is 3.02. The number of morpholine rings is 1. The van der Waals surface area contributed by atoms with Crippen molar-refractivity contribution in [3.05, 3.63) is 29.3 Å². The van der Waals surface area contributed by atoms with Crippen LogP contribution in [0.4, 0.5) is 11.8 Å². The van der Waals surface area contributed by atoms with Gasteiger partial charge in [-0.1, -0.05) is 5.16 Å². The van der Waals surface area contributed by atoms with Crippen molar-refractivity contribution in [2.75, 3.05) is 49.6 Å². The van der Waals surface area contributed by atoms with Crippen LogP contribution in [-0.2, 0) is 11.3 Å². The van der Waals surface area contributed by atoms with Gasteiger partial charge in [0.25, 0.3) is 0 Å². The number of rotatable bonds is 5. The third-order valence-corrected chi connectivity index (χ3v) is 5.44. The molecule has 0 aliphatic carbocycles. The maximum atomic E-state index is 5.41. The molecular formula is C19H28N6O2. The molecule has 8 heteroatoms. The Morgan fingerprint density at radius 1 is 1.15 bits per heavy atom. The van der Waals surface area contributed by atoms with Crippen molar-refractivity contribution < 1.29 is 9.26 Å². The number of hydrogen-bond donors (Lipinski definition) is 1. The maximum Gasteiger partial charge on any atom is 0.227 e. The number of likely N-dealkylation sites (tertiary alicyclic amines) is 1. The zero-order chi connectivity index (χ0) is 18.6. The van der Waals surface area contributed by atoms with Crippen molar-refractivity contribution in [2.45, 2.75) is 39.3 Å². The topological polar surface area (TPSA) is 79.6 Å². The van der Waals surface area contributed by atoms with Gasteiger partial charge >= 0.3 is 0 Å². The summed E-state index contributed by atoms with van der Waals surface area (Å²) in [6.45, 7) is 10.2. The fourth-order valence-electron chi connectivity index (χ4n) is 3.74. The quantitative estimate of drug-likeness (QED) is 0.854. The lowest BCUT2D eigenvalue weighted by atomic mass is 10.0. The van der Waals surface area contributed by atoms with Gasteiger partial charge in [0, 0.05) is 50.5 Å². The number of anilines is 2. The minimum Gasteiger partial charge on any atom is -0.378 e. The van der Waals surface area contributed by atoms with Crippen LogP contribution in [0.3, 0.4) is 0 Å². The van der Waals surface area contributed by atoms with Crippen LogP contribution in [0.25, 0.3) is 0 Å². The number of nitrogens with zero attached hydrogens (tertiary/aromatic N) is 5. The Bertz CT molecular complexity index is 731. The molecule has 4 heterocycles. The Hall–Kier alpha value is -2.19. The first-order chi connectivity index (χ1) is 13.2. The number of ether oxygens (including phenoxy) is 1. The second-order valence-corrected chi connectivity index (χ2v) is 7.34. The SMILES string of the molecule is Cc1noc(C)c1CN1CCC(Nc2ccnc(N3CCOCC3)n2)CC1. The molecule has 2 aromatic heterocycles. The Morgan fingerprint density at radius 2 is 1.93 bits per heavy atom. The average molecular weight is 372 g/mol. The molecule has 2 aliphatic heterocycles. The first kappa shape index (κ1) is 18.2. The molecular weight excluding hydrogens is 344 g/mol. The molecule has 0 amide bonds. The predicted octanol–water partition coefficient (Wildman–Crippen LogP) is 1.99. The lowest BCUT2D eigenvalue weighted by Gasteiger charge is -2.32. The summed E-state index contributed by atoms with van der Waals surface area (Å²) < 4.78 is 10.7. The highest BCUT2D eigenvalue weighted by Gasteiger charge is 2.22. The fraction of sp³-hybridized carbons (Fsp3) is 0.632. The number of nitrogens with one attached hydrogen (secondary N) is 1. The van der Waals surface area contributed by atoms with Crippen molar-refractivity contribution >= 4 is 11.8 Å². The molecule has 0 spiro atoms. The van der Waals surface area contributed by atoms with E-state index in [1.807, 2.05) is 26.1 Å². The van der Waals surface area contributed by atoms with Crippen molar-refractivity contribution in [3.8, 4) is 0 Å². The molecule has 2 aliphatic rings. The minimum atomic E-state index is 0.443. The molecule has 1 N–H and O–H groups in total. The van der Waals surface area contributed by atoms with Crippen LogP contribution in [0.1, 0.15) is 29.9 Å². The van der Waals surface area contributed by atoms with Gasteiger partial charge in [0.1, 0.15) is 11.6 Å². The van der Waals surface area contributed by atoms with Crippen LogP contribution in [0, 0.1) is 13.8 Å². The summed E-state index contributed by atoms with van der Waals surface area (Å²) in [7, 11) is 0. The van der Waals surface area contributed by atoms with E-state index in [9.17, 15) is 0 Å². The summed E-state index contributed by atoms with van der Waals surface area (Å²) in [6, 6.07) is 2.40. The highest BCUT2D eigenvalue weighted by atomic mass is 16.5. The lowest BCUT2D eigenvalue weighted by Crippen LogP contribution is -2.39. The number of piperidine rings is 1. The van der Waals surface area contributed by atoms with Crippen LogP contribution in [0.2, 0.25) is 0 Å². The normalized spacial score (nSPS) is 19.4. The molecule has 2 saturated heterocycles. The highest BCUT2D eigenvalue weighted by Crippen LogP contribution is 2.21. The number of aryl methyl sites for hydroxylation is 2. The standard InChI is InChI=1S/C19H28N6O2/c1-14-17(15(2)27-23-14)13-24-7-4-16(5-8-24)21-18-3-6-20-19(22-18)25-9-11-26-12-10-25/h3,6,16H,4-5,7-13H2,1-2H3,(H,20,21,22). The molecule has 0 saturated carbocycles. The smallest absolute Gasteiger partial charge is 0.227 e. The molecule has 0 unspecified atom stereocenters. The molecule has 2 aromatic rings. The van der Waals surface area contributed by atoms with E-state index in [-0.39, 0.29) is 0 Å². The molecule has 0 aromatic carbocycles. The molecule has 4 rings (SSSR count). The van der Waals surface area contributed by atoms with Gasteiger partial charge in [0.05, 0.1) is 18.9 Å². The fourth-order valence-corrected chi connectivity index (χ4v) is 3.74. The first-order valence-corrected chi connectivity index (χ1v) is 9.75. The van der Waals surface area contributed by atoms with Crippen LogP contribution < -0.4 is 10.2 Å².